The molecule has 0 atom stereocenters. The number of hydrogen-bond acceptors (Lipinski definition) is 4. The number of carboxylic acids is 1. The minimum absolute atomic E-state index is 0.204. The van der Waals surface area contributed by atoms with E-state index in [1.165, 1.54) is 0 Å². The highest BCUT2D eigenvalue weighted by atomic mass is 16.6. The van der Waals surface area contributed by atoms with E-state index in [9.17, 15) is 14.7 Å². The second-order valence-electron chi connectivity index (χ2n) is 8.19. The lowest BCUT2D eigenvalue weighted by atomic mass is 9.98. The SMILES string of the molecule is Cc1c(C(=O)O)cccc1-c1cnn(C2CCN(C(=O)OC(C)(C)C)CC2)c1. The van der Waals surface area contributed by atoms with Gasteiger partial charge in [-0.1, -0.05) is 12.1 Å². The number of rotatable bonds is 3. The van der Waals surface area contributed by atoms with Crippen molar-refractivity contribution in [3.63, 3.8) is 0 Å². The minimum atomic E-state index is -0.929. The molecule has 0 aliphatic carbocycles. The normalized spacial score (nSPS) is 15.5. The third kappa shape index (κ3) is 4.35. The van der Waals surface area contributed by atoms with Crippen LogP contribution in [0, 0.1) is 6.92 Å². The number of benzene rings is 1. The number of aromatic carboxylic acids is 1. The predicted octanol–water partition coefficient (Wildman–Crippen LogP) is 4.13. The summed E-state index contributed by atoms with van der Waals surface area (Å²) in [7, 11) is 0. The van der Waals surface area contributed by atoms with Crippen LogP contribution >= 0.6 is 0 Å². The van der Waals surface area contributed by atoms with Gasteiger partial charge in [-0.3, -0.25) is 4.68 Å². The second-order valence-corrected chi connectivity index (χ2v) is 8.19. The van der Waals surface area contributed by atoms with Crippen LogP contribution in [0.15, 0.2) is 30.6 Å². The average molecular weight is 385 g/mol. The Morgan fingerprint density at radius 3 is 2.50 bits per heavy atom. The smallest absolute Gasteiger partial charge is 0.410 e. The molecule has 0 unspecified atom stereocenters. The zero-order valence-electron chi connectivity index (χ0n) is 16.8. The minimum Gasteiger partial charge on any atom is -0.478 e. The first-order valence-corrected chi connectivity index (χ1v) is 9.51. The van der Waals surface area contributed by atoms with E-state index >= 15 is 0 Å². The highest BCUT2D eigenvalue weighted by Crippen LogP contribution is 2.29. The molecule has 1 amide bonds. The van der Waals surface area contributed by atoms with Crippen molar-refractivity contribution in [3.05, 3.63) is 41.7 Å². The molecule has 1 aromatic heterocycles. The van der Waals surface area contributed by atoms with Crippen molar-refractivity contribution in [1.29, 1.82) is 0 Å². The van der Waals surface area contributed by atoms with Crippen LogP contribution in [-0.2, 0) is 4.74 Å². The summed E-state index contributed by atoms with van der Waals surface area (Å²) >= 11 is 0. The Balaban J connectivity index is 1.69. The van der Waals surface area contributed by atoms with Crippen LogP contribution in [0.5, 0.6) is 0 Å². The number of piperidine rings is 1. The predicted molar refractivity (Wildman–Crippen MR) is 105 cm³/mol. The molecule has 0 saturated carbocycles. The highest BCUT2D eigenvalue weighted by Gasteiger charge is 2.28. The number of carbonyl (C=O) groups is 2. The standard InChI is InChI=1S/C21H27N3O4/c1-14-17(6-5-7-18(14)19(25)26)15-12-22-24(13-15)16-8-10-23(11-9-16)20(27)28-21(2,3)4/h5-7,12-13,16H,8-11H2,1-4H3,(H,25,26). The number of nitrogens with zero attached hydrogens (tertiary/aromatic N) is 3. The fourth-order valence-corrected chi connectivity index (χ4v) is 3.50. The van der Waals surface area contributed by atoms with Gasteiger partial charge < -0.3 is 14.7 Å². The van der Waals surface area contributed by atoms with E-state index in [0.717, 1.165) is 29.5 Å². The van der Waals surface area contributed by atoms with E-state index in [1.807, 2.05) is 44.6 Å². The van der Waals surface area contributed by atoms with Crippen LogP contribution in [0.3, 0.4) is 0 Å². The first kappa shape index (κ1) is 19.9. The maximum Gasteiger partial charge on any atom is 0.410 e. The van der Waals surface area contributed by atoms with Crippen LogP contribution < -0.4 is 0 Å². The Morgan fingerprint density at radius 1 is 1.21 bits per heavy atom. The molecule has 1 N–H and O–H groups in total. The summed E-state index contributed by atoms with van der Waals surface area (Å²) in [6, 6.07) is 5.48. The van der Waals surface area contributed by atoms with Gasteiger partial charge in [0.2, 0.25) is 0 Å². The lowest BCUT2D eigenvalue weighted by Gasteiger charge is -2.33. The first-order chi connectivity index (χ1) is 13.2. The van der Waals surface area contributed by atoms with Crippen molar-refractivity contribution in [2.75, 3.05) is 13.1 Å². The molecule has 1 fully saturated rings. The Kier molecular flexibility index (Phi) is 5.45. The fourth-order valence-electron chi connectivity index (χ4n) is 3.50. The van der Waals surface area contributed by atoms with Gasteiger partial charge in [0.15, 0.2) is 0 Å². The molecule has 28 heavy (non-hydrogen) atoms. The van der Waals surface area contributed by atoms with Crippen molar-refractivity contribution in [2.24, 2.45) is 0 Å². The summed E-state index contributed by atoms with van der Waals surface area (Å²) in [6.45, 7) is 8.67. The molecular formula is C21H27N3O4. The molecule has 7 heteroatoms. The van der Waals surface area contributed by atoms with Crippen LogP contribution in [0.2, 0.25) is 0 Å². The zero-order chi connectivity index (χ0) is 20.5. The van der Waals surface area contributed by atoms with E-state index < -0.39 is 11.6 Å². The van der Waals surface area contributed by atoms with E-state index in [1.54, 1.807) is 23.2 Å². The van der Waals surface area contributed by atoms with Gasteiger partial charge in [0.1, 0.15) is 5.60 Å². The monoisotopic (exact) mass is 385 g/mol. The first-order valence-electron chi connectivity index (χ1n) is 9.51. The third-order valence-electron chi connectivity index (χ3n) is 4.97. The summed E-state index contributed by atoms with van der Waals surface area (Å²) in [4.78, 5) is 25.3. The highest BCUT2D eigenvalue weighted by molar-refractivity contribution is 5.91. The van der Waals surface area contributed by atoms with Crippen LogP contribution in [0.25, 0.3) is 11.1 Å². The third-order valence-corrected chi connectivity index (χ3v) is 4.97. The summed E-state index contributed by atoms with van der Waals surface area (Å²) in [5.74, 6) is -0.929. The number of amides is 1. The molecule has 1 saturated heterocycles. The molecule has 150 valence electrons. The van der Waals surface area contributed by atoms with Gasteiger partial charge in [-0.05, 0) is 57.7 Å². The molecule has 1 aromatic carbocycles. The van der Waals surface area contributed by atoms with Gasteiger partial charge in [-0.2, -0.15) is 5.10 Å². The summed E-state index contributed by atoms with van der Waals surface area (Å²) in [5, 5.41) is 13.8. The molecule has 2 heterocycles. The molecule has 2 aromatic rings. The molecule has 1 aliphatic rings. The number of ether oxygens (including phenoxy) is 1. The summed E-state index contributed by atoms with van der Waals surface area (Å²) in [6.07, 6.45) is 5.06. The maximum atomic E-state index is 12.2. The number of likely N-dealkylation sites (tertiary alicyclic amines) is 1. The number of carbonyl (C=O) groups excluding carboxylic acids is 1. The van der Waals surface area contributed by atoms with Gasteiger partial charge in [0.25, 0.3) is 0 Å². The summed E-state index contributed by atoms with van der Waals surface area (Å²) in [5.41, 5.74) is 2.31. The zero-order valence-corrected chi connectivity index (χ0v) is 16.8. The van der Waals surface area contributed by atoms with Crippen LogP contribution in [-0.4, -0.2) is 50.5 Å². The van der Waals surface area contributed by atoms with Gasteiger partial charge >= 0.3 is 12.1 Å². The molecule has 1 aliphatic heterocycles. The Bertz CT molecular complexity index is 874. The molecule has 0 bridgehead atoms. The van der Waals surface area contributed by atoms with Crippen molar-refractivity contribution in [3.8, 4) is 11.1 Å². The van der Waals surface area contributed by atoms with E-state index in [4.69, 9.17) is 4.74 Å². The fraction of sp³-hybridized carbons (Fsp3) is 0.476. The molecule has 0 spiro atoms. The van der Waals surface area contributed by atoms with Gasteiger partial charge in [-0.15, -0.1) is 0 Å². The molecule has 0 radical (unpaired) electrons. The van der Waals surface area contributed by atoms with E-state index in [0.29, 0.717) is 18.7 Å². The number of aromatic nitrogens is 2. The van der Waals surface area contributed by atoms with Gasteiger partial charge in [-0.25, -0.2) is 9.59 Å². The van der Waals surface area contributed by atoms with Crippen molar-refractivity contribution in [1.82, 2.24) is 14.7 Å². The average Bonchev–Trinajstić information content (AvgIpc) is 3.10. The van der Waals surface area contributed by atoms with Crippen molar-refractivity contribution >= 4 is 12.1 Å². The molecular weight excluding hydrogens is 358 g/mol. The van der Waals surface area contributed by atoms with Crippen molar-refractivity contribution < 1.29 is 19.4 Å². The number of carboxylic acid groups (broad SMARTS) is 1. The lowest BCUT2D eigenvalue weighted by molar-refractivity contribution is 0.0184. The van der Waals surface area contributed by atoms with E-state index in [2.05, 4.69) is 5.10 Å². The van der Waals surface area contributed by atoms with Crippen LogP contribution in [0.1, 0.15) is 55.6 Å². The Labute approximate surface area is 164 Å². The largest absolute Gasteiger partial charge is 0.478 e. The Morgan fingerprint density at radius 2 is 1.89 bits per heavy atom. The van der Waals surface area contributed by atoms with Gasteiger partial charge in [0.05, 0.1) is 17.8 Å². The topological polar surface area (TPSA) is 84.7 Å². The van der Waals surface area contributed by atoms with Crippen molar-refractivity contribution in [2.45, 2.75) is 52.2 Å². The van der Waals surface area contributed by atoms with Crippen LogP contribution in [0.4, 0.5) is 4.79 Å². The maximum absolute atomic E-state index is 12.2. The Hall–Kier alpha value is -2.83. The summed E-state index contributed by atoms with van der Waals surface area (Å²) < 4.78 is 7.37. The number of hydrogen-bond donors (Lipinski definition) is 1. The van der Waals surface area contributed by atoms with E-state index in [-0.39, 0.29) is 12.1 Å². The lowest BCUT2D eigenvalue weighted by Crippen LogP contribution is -2.42. The quantitative estimate of drug-likeness (QED) is 0.859. The molecule has 3 rings (SSSR count). The molecule has 7 nitrogen and oxygen atoms in total. The van der Waals surface area contributed by atoms with Gasteiger partial charge in [0, 0.05) is 24.8 Å². The second kappa shape index (κ2) is 7.66.